The summed E-state index contributed by atoms with van der Waals surface area (Å²) in [7, 11) is 0. The highest BCUT2D eigenvalue weighted by molar-refractivity contribution is 6.32. The Morgan fingerprint density at radius 1 is 1.41 bits per heavy atom. The van der Waals surface area contributed by atoms with Crippen molar-refractivity contribution in [3.63, 3.8) is 0 Å². The fraction of sp³-hybridized carbons (Fsp3) is 0.389. The van der Waals surface area contributed by atoms with Crippen molar-refractivity contribution >= 4 is 17.5 Å². The molecule has 9 heteroatoms. The number of hydrogen-bond donors (Lipinski definition) is 1. The van der Waals surface area contributed by atoms with E-state index >= 15 is 0 Å². The Hall–Kier alpha value is -2.53. The van der Waals surface area contributed by atoms with Crippen LogP contribution in [0, 0.1) is 11.3 Å². The Kier molecular flexibility index (Phi) is 5.42. The zero-order valence-corrected chi connectivity index (χ0v) is 14.9. The lowest BCUT2D eigenvalue weighted by Crippen LogP contribution is -2.25. The number of benzene rings is 1. The van der Waals surface area contributed by atoms with Gasteiger partial charge in [-0.05, 0) is 37.5 Å². The first-order chi connectivity index (χ1) is 12.8. The lowest BCUT2D eigenvalue weighted by Gasteiger charge is -2.08. The summed E-state index contributed by atoms with van der Waals surface area (Å²) < 4.78 is 40.4. The maximum Gasteiger partial charge on any atom is 0.436 e. The monoisotopic (exact) mass is 396 g/mol. The molecule has 1 aliphatic rings. The third-order valence-electron chi connectivity index (χ3n) is 4.25. The highest BCUT2D eigenvalue weighted by atomic mass is 35.5. The standard InChI is InChI=1S/C18H16ClF3N4O/c19-14-15(12-5-6-12)26(25-16(14)18(20,21)22)8-2-7-24-17(27)13-4-1-3-11(9-13)10-23/h1,3-4,9,12H,2,5-8H2,(H,24,27). The lowest BCUT2D eigenvalue weighted by molar-refractivity contribution is -0.141. The van der Waals surface area contributed by atoms with Crippen molar-refractivity contribution in [3.8, 4) is 6.07 Å². The molecule has 1 aromatic heterocycles. The molecule has 1 amide bonds. The summed E-state index contributed by atoms with van der Waals surface area (Å²) in [6.07, 6.45) is -2.59. The van der Waals surface area contributed by atoms with Crippen molar-refractivity contribution in [2.45, 2.75) is 37.9 Å². The first kappa shape index (κ1) is 19.2. The molecule has 1 heterocycles. The minimum Gasteiger partial charge on any atom is -0.352 e. The van der Waals surface area contributed by atoms with Crippen LogP contribution in [-0.2, 0) is 12.7 Å². The number of carbonyl (C=O) groups is 1. The second-order valence-electron chi connectivity index (χ2n) is 6.35. The predicted molar refractivity (Wildman–Crippen MR) is 92.3 cm³/mol. The number of halogens is 4. The number of nitrogens with one attached hydrogen (secondary N) is 1. The van der Waals surface area contributed by atoms with E-state index in [-0.39, 0.29) is 29.9 Å². The second-order valence-corrected chi connectivity index (χ2v) is 6.72. The van der Waals surface area contributed by atoms with Crippen LogP contribution < -0.4 is 5.32 Å². The normalized spacial score (nSPS) is 14.0. The molecule has 1 aromatic carbocycles. The van der Waals surface area contributed by atoms with Gasteiger partial charge >= 0.3 is 6.18 Å². The molecule has 3 rings (SSSR count). The number of nitriles is 1. The largest absolute Gasteiger partial charge is 0.436 e. The topological polar surface area (TPSA) is 70.7 Å². The van der Waals surface area contributed by atoms with Crippen molar-refractivity contribution < 1.29 is 18.0 Å². The van der Waals surface area contributed by atoms with Gasteiger partial charge in [-0.1, -0.05) is 17.7 Å². The summed E-state index contributed by atoms with van der Waals surface area (Å²) >= 11 is 5.92. The van der Waals surface area contributed by atoms with Gasteiger partial charge in [-0.2, -0.15) is 23.5 Å². The van der Waals surface area contributed by atoms with Crippen LogP contribution in [-0.4, -0.2) is 22.2 Å². The molecular formula is C18H16ClF3N4O. The van der Waals surface area contributed by atoms with E-state index in [1.54, 1.807) is 18.2 Å². The van der Waals surface area contributed by atoms with Gasteiger partial charge in [0.15, 0.2) is 5.69 Å². The fourth-order valence-electron chi connectivity index (χ4n) is 2.81. The highest BCUT2D eigenvalue weighted by Crippen LogP contribution is 2.46. The molecule has 0 atom stereocenters. The predicted octanol–water partition coefficient (Wildman–Crippen LogP) is 4.12. The zero-order chi connectivity index (χ0) is 19.6. The molecular weight excluding hydrogens is 381 g/mol. The second kappa shape index (κ2) is 7.61. The maximum absolute atomic E-state index is 13.0. The number of nitrogens with zero attached hydrogens (tertiary/aromatic N) is 3. The summed E-state index contributed by atoms with van der Waals surface area (Å²) in [5.74, 6) is -0.326. The summed E-state index contributed by atoms with van der Waals surface area (Å²) in [5, 5.41) is 14.9. The van der Waals surface area contributed by atoms with Crippen LogP contribution >= 0.6 is 11.6 Å². The molecule has 1 aliphatic carbocycles. The van der Waals surface area contributed by atoms with Crippen LogP contribution in [0.25, 0.3) is 0 Å². The van der Waals surface area contributed by atoms with Crippen molar-refractivity contribution in [2.24, 2.45) is 0 Å². The first-order valence-electron chi connectivity index (χ1n) is 8.43. The summed E-state index contributed by atoms with van der Waals surface area (Å²) in [6, 6.07) is 8.22. The average Bonchev–Trinajstić information content (AvgIpc) is 3.40. The molecule has 2 aromatic rings. The summed E-state index contributed by atoms with van der Waals surface area (Å²) in [4.78, 5) is 12.1. The fourth-order valence-corrected chi connectivity index (χ4v) is 3.21. The van der Waals surface area contributed by atoms with E-state index in [1.807, 2.05) is 6.07 Å². The Balaban J connectivity index is 1.61. The molecule has 0 radical (unpaired) electrons. The minimum atomic E-state index is -4.59. The lowest BCUT2D eigenvalue weighted by atomic mass is 10.1. The van der Waals surface area contributed by atoms with Crippen LogP contribution in [0.5, 0.6) is 0 Å². The van der Waals surface area contributed by atoms with E-state index in [4.69, 9.17) is 16.9 Å². The van der Waals surface area contributed by atoms with E-state index in [1.165, 1.54) is 10.7 Å². The molecule has 142 valence electrons. The maximum atomic E-state index is 13.0. The zero-order valence-electron chi connectivity index (χ0n) is 14.2. The van der Waals surface area contributed by atoms with Gasteiger partial charge in [0, 0.05) is 24.6 Å². The number of carbonyl (C=O) groups excluding carboxylic acids is 1. The number of hydrogen-bond acceptors (Lipinski definition) is 3. The summed E-state index contributed by atoms with van der Waals surface area (Å²) in [5.41, 5.74) is 0.109. The molecule has 1 N–H and O–H groups in total. The molecule has 0 saturated heterocycles. The molecule has 5 nitrogen and oxygen atoms in total. The Bertz CT molecular complexity index is 897. The Morgan fingerprint density at radius 2 is 2.15 bits per heavy atom. The number of aromatic nitrogens is 2. The van der Waals surface area contributed by atoms with Crippen molar-refractivity contribution in [1.29, 1.82) is 5.26 Å². The van der Waals surface area contributed by atoms with Gasteiger partial charge in [-0.25, -0.2) is 0 Å². The molecule has 0 spiro atoms. The third kappa shape index (κ3) is 4.42. The highest BCUT2D eigenvalue weighted by Gasteiger charge is 2.41. The molecule has 0 bridgehead atoms. The van der Waals surface area contributed by atoms with Crippen LogP contribution in [0.2, 0.25) is 5.02 Å². The van der Waals surface area contributed by atoms with E-state index in [0.29, 0.717) is 23.2 Å². The van der Waals surface area contributed by atoms with E-state index < -0.39 is 11.9 Å². The SMILES string of the molecule is N#Cc1cccc(C(=O)NCCCn2nc(C(F)(F)F)c(Cl)c2C2CC2)c1. The molecule has 0 unspecified atom stereocenters. The van der Waals surface area contributed by atoms with Gasteiger partial charge < -0.3 is 5.32 Å². The third-order valence-corrected chi connectivity index (χ3v) is 4.62. The molecule has 1 saturated carbocycles. The van der Waals surface area contributed by atoms with E-state index in [0.717, 1.165) is 12.8 Å². The number of aryl methyl sites for hydroxylation is 1. The van der Waals surface area contributed by atoms with Crippen molar-refractivity contribution in [1.82, 2.24) is 15.1 Å². The van der Waals surface area contributed by atoms with Crippen molar-refractivity contribution in [3.05, 3.63) is 51.8 Å². The number of amides is 1. The van der Waals surface area contributed by atoms with Gasteiger partial charge in [0.05, 0.1) is 22.3 Å². The quantitative estimate of drug-likeness (QED) is 0.746. The smallest absolute Gasteiger partial charge is 0.352 e. The number of rotatable bonds is 6. The number of alkyl halides is 3. The van der Waals surface area contributed by atoms with Crippen LogP contribution in [0.15, 0.2) is 24.3 Å². The molecule has 27 heavy (non-hydrogen) atoms. The molecule has 1 fully saturated rings. The molecule has 0 aliphatic heterocycles. The van der Waals surface area contributed by atoms with Gasteiger partial charge in [0.25, 0.3) is 5.91 Å². The summed E-state index contributed by atoms with van der Waals surface area (Å²) in [6.45, 7) is 0.485. The van der Waals surface area contributed by atoms with Gasteiger partial charge in [-0.3, -0.25) is 9.48 Å². The average molecular weight is 397 g/mol. The van der Waals surface area contributed by atoms with Crippen LogP contribution in [0.4, 0.5) is 13.2 Å². The van der Waals surface area contributed by atoms with Gasteiger partial charge in [0.1, 0.15) is 0 Å². The Morgan fingerprint density at radius 3 is 2.78 bits per heavy atom. The van der Waals surface area contributed by atoms with Crippen LogP contribution in [0.1, 0.15) is 52.5 Å². The first-order valence-corrected chi connectivity index (χ1v) is 8.81. The van der Waals surface area contributed by atoms with Gasteiger partial charge in [-0.15, -0.1) is 0 Å². The van der Waals surface area contributed by atoms with Gasteiger partial charge in [0.2, 0.25) is 0 Å². The van der Waals surface area contributed by atoms with Crippen LogP contribution in [0.3, 0.4) is 0 Å². The van der Waals surface area contributed by atoms with E-state index in [2.05, 4.69) is 10.4 Å². The van der Waals surface area contributed by atoms with Crippen molar-refractivity contribution in [2.75, 3.05) is 6.54 Å². The van der Waals surface area contributed by atoms with E-state index in [9.17, 15) is 18.0 Å². The Labute approximate surface area is 158 Å². The minimum absolute atomic E-state index is 0.0180.